The first-order valence-corrected chi connectivity index (χ1v) is 38.4. The van der Waals surface area contributed by atoms with E-state index < -0.39 is 132 Å². The number of rotatable bonds is 38. The van der Waals surface area contributed by atoms with Crippen LogP contribution in [0, 0.1) is 17.2 Å². The Labute approximate surface area is 660 Å². The number of aliphatic hydroxyl groups excluding tert-OH is 1. The molecule has 13 amide bonds. The number of nitrogens with zero attached hydrogens (tertiary/aromatic N) is 4. The van der Waals surface area contributed by atoms with E-state index >= 15 is 24.0 Å². The molecule has 0 radical (unpaired) electrons. The van der Waals surface area contributed by atoms with Gasteiger partial charge in [0.05, 0.1) is 19.8 Å². The number of benzene rings is 5. The minimum atomic E-state index is -1.85. The lowest BCUT2D eigenvalue weighted by molar-refractivity contribution is -0.142. The number of likely N-dealkylation sites (tertiary alicyclic amines) is 1. The largest absolute Gasteiger partial charge is 0.394 e. The van der Waals surface area contributed by atoms with Crippen molar-refractivity contribution in [1.82, 2.24) is 67.5 Å². The third kappa shape index (κ3) is 25.0. The van der Waals surface area contributed by atoms with Gasteiger partial charge in [0.1, 0.15) is 60.4 Å². The number of hydrogen-bond acceptors (Lipinski definition) is 17. The minimum Gasteiger partial charge on any atom is -0.394 e. The van der Waals surface area contributed by atoms with Crippen LogP contribution in [0.3, 0.4) is 0 Å². The molecule has 31 nitrogen and oxygen atoms in total. The number of carbonyl (C=O) groups excluding carboxylic acids is 12. The lowest BCUT2D eigenvalue weighted by Crippen LogP contribution is -2.61. The number of amides is 13. The fraction of sp³-hybridized carbons (Fsp3) is 0.432. The fourth-order valence-electron chi connectivity index (χ4n) is 13.6. The van der Waals surface area contributed by atoms with Crippen LogP contribution >= 0.6 is 11.6 Å². The Kier molecular flexibility index (Phi) is 31.2. The van der Waals surface area contributed by atoms with E-state index in [9.17, 15) is 38.7 Å². The number of hydrogen-bond donors (Lipinski definition) is 14. The normalized spacial score (nSPS) is 17.1. The van der Waals surface area contributed by atoms with Gasteiger partial charge in [-0.25, -0.2) is 9.69 Å². The van der Waals surface area contributed by atoms with Gasteiger partial charge in [0.2, 0.25) is 59.1 Å². The first-order chi connectivity index (χ1) is 54.1. The van der Waals surface area contributed by atoms with Crippen LogP contribution in [0.2, 0.25) is 5.02 Å². The molecule has 0 aliphatic carbocycles. The second-order valence-corrected chi connectivity index (χ2v) is 29.9. The molecule has 32 heteroatoms. The van der Waals surface area contributed by atoms with Gasteiger partial charge in [0, 0.05) is 93.8 Å². The molecule has 0 bridgehead atoms. The number of fused-ring (bicyclic) bond motifs is 1. The molecular weight excluding hydrogens is 1470 g/mol. The van der Waals surface area contributed by atoms with Crippen LogP contribution in [0.15, 0.2) is 140 Å². The summed E-state index contributed by atoms with van der Waals surface area (Å²) in [6.45, 7) is 10.7. The standard InChI is InChI=1S/C81H102ClN17O14/c1-47(2)37-61(71(103)90-60(14-9-31-87-80(84)85)78(110)98-32-10-15-67(98)76(108)88-49(5)69(83)101)91-72(104)62(40-51-23-28-59(29-24-51)89-70(102)48(3)4)92-73(105)63(39-50-16-18-53(19-17-50)45-97-33-35-113-36-34-97)93-75(107)66(46-100)95-74(106)64(42-55-11-8-30-86-44-55)94-77(109)68(43-52-21-26-58(82)27-22-52)99-79(111)65(96-81(99)112)41-54-20-25-56-12-6-7-13-57(56)38-54/h6-8,11-13,16-30,38,44,47-49,60-68,100H,9-10,14-15,31-37,39-43,45-46H2,1-5H3,(H2,83,101)(H,88,108)(H,89,102)(H,90,103)(H,91,104)(H,92,105)(H,93,107)(H,94,109)(H,95,106)(H,96,112)(H4,84,85,87)/t49-,60+,61+,62-,63+,64-,65?,66+,67+,68?/m1/s1. The highest BCUT2D eigenvalue weighted by atomic mass is 35.5. The van der Waals surface area contributed by atoms with Crippen molar-refractivity contribution >= 4 is 105 Å². The highest BCUT2D eigenvalue weighted by Crippen LogP contribution is 2.25. The number of pyridine rings is 1. The predicted octanol–water partition coefficient (Wildman–Crippen LogP) is 2.31. The van der Waals surface area contributed by atoms with Crippen LogP contribution in [-0.2, 0) is 96.1 Å². The summed E-state index contributed by atoms with van der Waals surface area (Å²) in [6.07, 6.45) is 2.81. The molecule has 3 fully saturated rings. The Morgan fingerprint density at radius 3 is 1.76 bits per heavy atom. The number of nitrogens with two attached hydrogens (primary N) is 2. The van der Waals surface area contributed by atoms with Gasteiger partial charge >= 0.3 is 6.03 Å². The summed E-state index contributed by atoms with van der Waals surface area (Å²) in [6, 6.07) is 21.8. The highest BCUT2D eigenvalue weighted by molar-refractivity contribution is 6.30. The van der Waals surface area contributed by atoms with E-state index in [0.717, 1.165) is 26.8 Å². The molecule has 3 aliphatic heterocycles. The van der Waals surface area contributed by atoms with Crippen LogP contribution in [0.1, 0.15) is 100 Å². The molecule has 4 heterocycles. The molecule has 3 aliphatic rings. The molecule has 6 aromatic rings. The number of aliphatic hydroxyl groups is 1. The number of halogens is 1. The van der Waals surface area contributed by atoms with E-state index in [2.05, 4.69) is 63.1 Å². The molecule has 16 N–H and O–H groups in total. The van der Waals surface area contributed by atoms with Gasteiger partial charge in [-0.05, 0) is 119 Å². The predicted molar refractivity (Wildman–Crippen MR) is 422 cm³/mol. The number of imide groups is 1. The van der Waals surface area contributed by atoms with Gasteiger partial charge < -0.3 is 79.4 Å². The number of urea groups is 1. The summed E-state index contributed by atoms with van der Waals surface area (Å²) in [5.41, 5.74) is 15.0. The summed E-state index contributed by atoms with van der Waals surface area (Å²) < 4.78 is 5.56. The third-order valence-electron chi connectivity index (χ3n) is 19.9. The van der Waals surface area contributed by atoms with Crippen molar-refractivity contribution in [2.45, 2.75) is 166 Å². The molecule has 5 aromatic carbocycles. The number of guanidine groups is 1. The molecule has 10 atom stereocenters. The van der Waals surface area contributed by atoms with E-state index in [-0.39, 0.29) is 94.6 Å². The number of aromatic nitrogens is 1. The first kappa shape index (κ1) is 85.6. The summed E-state index contributed by atoms with van der Waals surface area (Å²) in [5, 5.41) is 48.4. The second kappa shape index (κ2) is 41.2. The Morgan fingerprint density at radius 2 is 1.16 bits per heavy atom. The van der Waals surface area contributed by atoms with Crippen molar-refractivity contribution < 1.29 is 67.4 Å². The monoisotopic (exact) mass is 1570 g/mol. The number of carbonyl (C=O) groups is 12. The Hall–Kier alpha value is -11.4. The number of ether oxygens (including phenoxy) is 1. The van der Waals surface area contributed by atoms with Crippen LogP contribution in [0.5, 0.6) is 0 Å². The van der Waals surface area contributed by atoms with Gasteiger partial charge in [0.25, 0.3) is 5.91 Å². The highest BCUT2D eigenvalue weighted by Gasteiger charge is 2.46. The zero-order valence-electron chi connectivity index (χ0n) is 64.0. The van der Waals surface area contributed by atoms with Gasteiger partial charge in [0.15, 0.2) is 5.96 Å². The summed E-state index contributed by atoms with van der Waals surface area (Å²) in [7, 11) is 0. The fourth-order valence-corrected chi connectivity index (χ4v) is 13.7. The average molecular weight is 1570 g/mol. The zero-order chi connectivity index (χ0) is 81.4. The lowest BCUT2D eigenvalue weighted by atomic mass is 9.99. The van der Waals surface area contributed by atoms with E-state index in [1.807, 2.05) is 54.6 Å². The first-order valence-electron chi connectivity index (χ1n) is 38.0. The average Bonchev–Trinajstić information content (AvgIpc) is 1.66. The summed E-state index contributed by atoms with van der Waals surface area (Å²) >= 11 is 6.28. The maximum Gasteiger partial charge on any atom is 0.325 e. The molecule has 9 rings (SSSR count). The topological polar surface area (TPSA) is 453 Å². The molecule has 3 saturated heterocycles. The van der Waals surface area contributed by atoms with Gasteiger partial charge in [-0.2, -0.15) is 0 Å². The third-order valence-corrected chi connectivity index (χ3v) is 20.1. The van der Waals surface area contributed by atoms with E-state index in [0.29, 0.717) is 72.2 Å². The second-order valence-electron chi connectivity index (χ2n) is 29.4. The number of morpholine rings is 1. The van der Waals surface area contributed by atoms with Gasteiger partial charge in [-0.3, -0.25) is 68.0 Å². The maximum absolute atomic E-state index is 15.5. The summed E-state index contributed by atoms with van der Waals surface area (Å²) in [5.74, 6) is -9.72. The number of nitrogens with one attached hydrogen (secondary N) is 11. The summed E-state index contributed by atoms with van der Waals surface area (Å²) in [4.78, 5) is 181. The number of primary amides is 1. The van der Waals surface area contributed by atoms with Crippen molar-refractivity contribution in [1.29, 1.82) is 5.41 Å². The Balaban J connectivity index is 1.000. The molecule has 0 spiro atoms. The van der Waals surface area contributed by atoms with Crippen molar-refractivity contribution in [3.63, 3.8) is 0 Å². The van der Waals surface area contributed by atoms with Crippen LogP contribution in [0.4, 0.5) is 10.5 Å². The number of anilines is 1. The van der Waals surface area contributed by atoms with Crippen molar-refractivity contribution in [3.05, 3.63) is 178 Å². The van der Waals surface area contributed by atoms with Gasteiger partial charge in [-0.1, -0.05) is 136 Å². The van der Waals surface area contributed by atoms with Crippen LogP contribution < -0.4 is 64.6 Å². The van der Waals surface area contributed by atoms with E-state index in [1.165, 1.54) is 24.2 Å². The quantitative estimate of drug-likeness (QED) is 0.0114. The van der Waals surface area contributed by atoms with Crippen LogP contribution in [0.25, 0.3) is 10.8 Å². The Bertz CT molecular complexity index is 4360. The molecule has 2 unspecified atom stereocenters. The Morgan fingerprint density at radius 1 is 0.611 bits per heavy atom. The minimum absolute atomic E-state index is 0.0106. The molecular formula is C81H102ClN17O14. The van der Waals surface area contributed by atoms with Crippen molar-refractivity contribution in [2.24, 2.45) is 23.3 Å². The molecule has 0 saturated carbocycles. The van der Waals surface area contributed by atoms with E-state index in [1.54, 1.807) is 100 Å². The van der Waals surface area contributed by atoms with Crippen LogP contribution in [-0.4, -0.2) is 208 Å². The van der Waals surface area contributed by atoms with Crippen molar-refractivity contribution in [3.8, 4) is 0 Å². The lowest BCUT2D eigenvalue weighted by Gasteiger charge is -2.31. The van der Waals surface area contributed by atoms with Gasteiger partial charge in [-0.15, -0.1) is 0 Å². The molecule has 113 heavy (non-hydrogen) atoms. The SMILES string of the molecule is CC(C)C[C@H](NC(=O)[C@@H](Cc1ccc(NC(=O)C(C)C)cc1)NC(=O)[C@H](Cc1ccc(CN2CCOCC2)cc1)NC(=O)[C@H](CO)NC(=O)[C@@H](Cc1cccnc1)NC(=O)C(Cc1ccc(Cl)cc1)N1C(=O)NC(Cc2ccc3ccccc3c2)C1=O)C(=O)N[C@@H](CCCNC(=N)N)C(=O)N1CCC[C@H]1C(=O)N[C@H](C)C(N)=O. The maximum atomic E-state index is 15.5. The zero-order valence-corrected chi connectivity index (χ0v) is 64.8. The van der Waals surface area contributed by atoms with Crippen molar-refractivity contribution in [2.75, 3.05) is 51.3 Å². The smallest absolute Gasteiger partial charge is 0.325 e. The molecule has 1 aromatic heterocycles. The molecule has 602 valence electrons. The van der Waals surface area contributed by atoms with E-state index in [4.69, 9.17) is 33.2 Å².